The molecule has 2 amide bonds. The van der Waals surface area contributed by atoms with Crippen LogP contribution in [-0.4, -0.2) is 38.5 Å². The Morgan fingerprint density at radius 2 is 2.29 bits per heavy atom. The van der Waals surface area contributed by atoms with Gasteiger partial charge in [-0.3, -0.25) is 9.59 Å². The SMILES string of the molecule is CN1C(=O)C[C@@H](C(=O)NCc2nncn2C2CC2)[C@@H]1c1cccs1. The molecule has 1 saturated carbocycles. The van der Waals surface area contributed by atoms with Gasteiger partial charge in [0.05, 0.1) is 18.5 Å². The lowest BCUT2D eigenvalue weighted by molar-refractivity contribution is -0.128. The van der Waals surface area contributed by atoms with E-state index in [2.05, 4.69) is 15.5 Å². The van der Waals surface area contributed by atoms with Crippen LogP contribution in [0, 0.1) is 5.92 Å². The minimum atomic E-state index is -0.363. The highest BCUT2D eigenvalue weighted by molar-refractivity contribution is 7.10. The Bertz CT molecular complexity index is 752. The number of hydrogen-bond acceptors (Lipinski definition) is 5. The van der Waals surface area contributed by atoms with Crippen LogP contribution in [0.1, 0.15) is 42.0 Å². The molecule has 0 unspecified atom stereocenters. The van der Waals surface area contributed by atoms with Crippen LogP contribution in [-0.2, 0) is 16.1 Å². The first-order valence-corrected chi connectivity index (χ1v) is 8.98. The van der Waals surface area contributed by atoms with Gasteiger partial charge in [0.1, 0.15) is 6.33 Å². The maximum absolute atomic E-state index is 12.7. The van der Waals surface area contributed by atoms with Crippen molar-refractivity contribution >= 4 is 23.2 Å². The van der Waals surface area contributed by atoms with Crippen LogP contribution < -0.4 is 5.32 Å². The van der Waals surface area contributed by atoms with Crippen molar-refractivity contribution in [3.05, 3.63) is 34.5 Å². The van der Waals surface area contributed by atoms with Gasteiger partial charge in [-0.2, -0.15) is 0 Å². The molecule has 1 aliphatic carbocycles. The summed E-state index contributed by atoms with van der Waals surface area (Å²) in [5, 5.41) is 13.0. The number of nitrogens with zero attached hydrogens (tertiary/aromatic N) is 4. The van der Waals surface area contributed by atoms with E-state index in [4.69, 9.17) is 0 Å². The van der Waals surface area contributed by atoms with Crippen LogP contribution in [0.15, 0.2) is 23.8 Å². The van der Waals surface area contributed by atoms with E-state index in [1.54, 1.807) is 29.6 Å². The Morgan fingerprint density at radius 3 is 3.00 bits per heavy atom. The second-order valence-corrected chi connectivity index (χ2v) is 7.36. The number of hydrogen-bond donors (Lipinski definition) is 1. The molecule has 126 valence electrons. The molecule has 2 aromatic rings. The molecule has 0 radical (unpaired) electrons. The fourth-order valence-electron chi connectivity index (χ4n) is 3.30. The molecule has 7 nitrogen and oxygen atoms in total. The van der Waals surface area contributed by atoms with E-state index >= 15 is 0 Å². The Hall–Kier alpha value is -2.22. The normalized spacial score (nSPS) is 23.7. The standard InChI is InChI=1S/C16H19N5O2S/c1-20-14(22)7-11(15(20)12-3-2-6-24-12)16(23)17-8-13-19-18-9-21(13)10-4-5-10/h2-3,6,9-11,15H,4-5,7-8H2,1H3,(H,17,23)/t11-,15-/m1/s1. The topological polar surface area (TPSA) is 80.1 Å². The van der Waals surface area contributed by atoms with Crippen molar-refractivity contribution < 1.29 is 9.59 Å². The molecule has 2 aliphatic rings. The summed E-state index contributed by atoms with van der Waals surface area (Å²) in [4.78, 5) is 27.5. The summed E-state index contributed by atoms with van der Waals surface area (Å²) < 4.78 is 2.03. The van der Waals surface area contributed by atoms with Crippen LogP contribution >= 0.6 is 11.3 Å². The third-order valence-corrected chi connectivity index (χ3v) is 5.71. The lowest BCUT2D eigenvalue weighted by atomic mass is 9.98. The zero-order chi connectivity index (χ0) is 16.7. The highest BCUT2D eigenvalue weighted by atomic mass is 32.1. The third-order valence-electron chi connectivity index (χ3n) is 4.77. The van der Waals surface area contributed by atoms with Crippen LogP contribution in [0.3, 0.4) is 0 Å². The number of carbonyl (C=O) groups is 2. The fraction of sp³-hybridized carbons (Fsp3) is 0.500. The molecule has 2 fully saturated rings. The van der Waals surface area contributed by atoms with E-state index < -0.39 is 0 Å². The molecule has 1 N–H and O–H groups in total. The fourth-order valence-corrected chi connectivity index (χ4v) is 4.23. The van der Waals surface area contributed by atoms with Gasteiger partial charge in [-0.05, 0) is 24.3 Å². The zero-order valence-electron chi connectivity index (χ0n) is 13.4. The minimum Gasteiger partial charge on any atom is -0.348 e. The van der Waals surface area contributed by atoms with Crippen molar-refractivity contribution in [1.82, 2.24) is 25.0 Å². The molecule has 4 rings (SSSR count). The predicted octanol–water partition coefficient (Wildman–Crippen LogP) is 1.51. The molecular weight excluding hydrogens is 326 g/mol. The Morgan fingerprint density at radius 1 is 1.46 bits per heavy atom. The molecule has 0 aromatic carbocycles. The van der Waals surface area contributed by atoms with E-state index in [0.717, 1.165) is 23.5 Å². The molecule has 1 aliphatic heterocycles. The lowest BCUT2D eigenvalue weighted by Gasteiger charge is -2.23. The lowest BCUT2D eigenvalue weighted by Crippen LogP contribution is -2.34. The first-order chi connectivity index (χ1) is 11.6. The molecule has 8 heteroatoms. The van der Waals surface area contributed by atoms with Gasteiger partial charge in [0.2, 0.25) is 11.8 Å². The van der Waals surface area contributed by atoms with Gasteiger partial charge in [0.15, 0.2) is 5.82 Å². The Balaban J connectivity index is 1.46. The number of thiophene rings is 1. The number of carbonyl (C=O) groups excluding carboxylic acids is 2. The molecule has 2 atom stereocenters. The second-order valence-electron chi connectivity index (χ2n) is 6.38. The first kappa shape index (κ1) is 15.3. The summed E-state index contributed by atoms with van der Waals surface area (Å²) in [5.74, 6) is 0.320. The smallest absolute Gasteiger partial charge is 0.226 e. The van der Waals surface area contributed by atoms with Gasteiger partial charge in [-0.25, -0.2) is 0 Å². The molecule has 2 aromatic heterocycles. The second kappa shape index (κ2) is 6.01. The summed E-state index contributed by atoms with van der Waals surface area (Å²) in [6, 6.07) is 4.22. The number of nitrogens with one attached hydrogen (secondary N) is 1. The highest BCUT2D eigenvalue weighted by Gasteiger charge is 2.43. The molecular formula is C16H19N5O2S. The van der Waals surface area contributed by atoms with Gasteiger partial charge >= 0.3 is 0 Å². The summed E-state index contributed by atoms with van der Waals surface area (Å²) >= 11 is 1.58. The molecule has 3 heterocycles. The molecule has 24 heavy (non-hydrogen) atoms. The van der Waals surface area contributed by atoms with Gasteiger partial charge < -0.3 is 14.8 Å². The van der Waals surface area contributed by atoms with Crippen LogP contribution in [0.25, 0.3) is 0 Å². The van der Waals surface area contributed by atoms with Gasteiger partial charge in [0.25, 0.3) is 0 Å². The first-order valence-electron chi connectivity index (χ1n) is 8.10. The van der Waals surface area contributed by atoms with E-state index in [0.29, 0.717) is 12.6 Å². The van der Waals surface area contributed by atoms with E-state index in [1.807, 2.05) is 22.1 Å². The van der Waals surface area contributed by atoms with E-state index in [9.17, 15) is 9.59 Å². The van der Waals surface area contributed by atoms with Crippen molar-refractivity contribution in [3.63, 3.8) is 0 Å². The number of aromatic nitrogens is 3. The van der Waals surface area contributed by atoms with Crippen LogP contribution in [0.4, 0.5) is 0 Å². The summed E-state index contributed by atoms with van der Waals surface area (Å²) in [6.45, 7) is 0.348. The summed E-state index contributed by atoms with van der Waals surface area (Å²) in [5.41, 5.74) is 0. The van der Waals surface area contributed by atoms with Crippen molar-refractivity contribution in [3.8, 4) is 0 Å². The van der Waals surface area contributed by atoms with Gasteiger partial charge in [-0.1, -0.05) is 6.07 Å². The number of amides is 2. The molecule has 0 spiro atoms. The van der Waals surface area contributed by atoms with Crippen molar-refractivity contribution in [2.75, 3.05) is 7.05 Å². The van der Waals surface area contributed by atoms with Crippen LogP contribution in [0.5, 0.6) is 0 Å². The van der Waals surface area contributed by atoms with Crippen LogP contribution in [0.2, 0.25) is 0 Å². The quantitative estimate of drug-likeness (QED) is 0.891. The van der Waals surface area contributed by atoms with Gasteiger partial charge in [-0.15, -0.1) is 21.5 Å². The van der Waals surface area contributed by atoms with E-state index in [1.165, 1.54) is 0 Å². The number of rotatable bonds is 5. The molecule has 0 bridgehead atoms. The maximum atomic E-state index is 12.7. The highest BCUT2D eigenvalue weighted by Crippen LogP contribution is 2.39. The summed E-state index contributed by atoms with van der Waals surface area (Å²) in [6.07, 6.45) is 4.25. The largest absolute Gasteiger partial charge is 0.348 e. The average molecular weight is 345 g/mol. The zero-order valence-corrected chi connectivity index (χ0v) is 14.2. The maximum Gasteiger partial charge on any atom is 0.226 e. The van der Waals surface area contributed by atoms with Crippen molar-refractivity contribution in [1.29, 1.82) is 0 Å². The Kier molecular flexibility index (Phi) is 3.84. The Labute approximate surface area is 143 Å². The monoisotopic (exact) mass is 345 g/mol. The van der Waals surface area contributed by atoms with Crippen molar-refractivity contribution in [2.45, 2.75) is 37.9 Å². The summed E-state index contributed by atoms with van der Waals surface area (Å²) in [7, 11) is 1.77. The third kappa shape index (κ3) is 2.71. The number of likely N-dealkylation sites (tertiary alicyclic amines) is 1. The van der Waals surface area contributed by atoms with E-state index in [-0.39, 0.29) is 30.2 Å². The minimum absolute atomic E-state index is 0.00898. The average Bonchev–Trinajstić information content (AvgIpc) is 2.99. The van der Waals surface area contributed by atoms with Gasteiger partial charge in [0, 0.05) is 24.4 Å². The van der Waals surface area contributed by atoms with Crippen molar-refractivity contribution in [2.24, 2.45) is 5.92 Å². The predicted molar refractivity (Wildman–Crippen MR) is 88.1 cm³/mol. The molecule has 1 saturated heterocycles.